The Bertz CT molecular complexity index is 760. The molecule has 1 amide bonds. The molecule has 0 aliphatic carbocycles. The molecule has 2 aromatic rings. The highest BCUT2D eigenvalue weighted by molar-refractivity contribution is 6.02. The number of anilines is 1. The zero-order chi connectivity index (χ0) is 17.3. The third kappa shape index (κ3) is 2.56. The van der Waals surface area contributed by atoms with Crippen molar-refractivity contribution in [1.82, 2.24) is 4.90 Å². The molecule has 0 unspecified atom stereocenters. The van der Waals surface area contributed by atoms with Gasteiger partial charge in [0.15, 0.2) is 11.5 Å². The zero-order valence-corrected chi connectivity index (χ0v) is 14.1. The molecule has 0 spiro atoms. The Morgan fingerprint density at radius 2 is 2.00 bits per heavy atom. The summed E-state index contributed by atoms with van der Waals surface area (Å²) in [5.74, 6) is 0.411. The average Bonchev–Trinajstić information content (AvgIpc) is 2.61. The summed E-state index contributed by atoms with van der Waals surface area (Å²) in [6, 6.07) is 12.8. The summed E-state index contributed by atoms with van der Waals surface area (Å²) < 4.78 is 5.21. The van der Waals surface area contributed by atoms with Crippen molar-refractivity contribution >= 4 is 11.6 Å². The number of rotatable bonds is 4. The molecule has 0 saturated carbocycles. The summed E-state index contributed by atoms with van der Waals surface area (Å²) in [6.45, 7) is 4.05. The van der Waals surface area contributed by atoms with Gasteiger partial charge in [0, 0.05) is 17.3 Å². The Morgan fingerprint density at radius 1 is 1.25 bits per heavy atom. The molecular formula is C19H22N2O3. The molecule has 1 heterocycles. The molecule has 2 N–H and O–H groups in total. The highest BCUT2D eigenvalue weighted by atomic mass is 16.5. The molecule has 3 rings (SSSR count). The molecule has 1 aliphatic rings. The van der Waals surface area contributed by atoms with Crippen LogP contribution in [0.4, 0.5) is 5.69 Å². The highest BCUT2D eigenvalue weighted by Gasteiger charge is 2.36. The summed E-state index contributed by atoms with van der Waals surface area (Å²) >= 11 is 0. The van der Waals surface area contributed by atoms with Gasteiger partial charge in [0.1, 0.15) is 6.17 Å². The van der Waals surface area contributed by atoms with E-state index in [0.29, 0.717) is 16.9 Å². The molecule has 0 bridgehead atoms. The van der Waals surface area contributed by atoms with Crippen LogP contribution >= 0.6 is 0 Å². The molecule has 24 heavy (non-hydrogen) atoms. The summed E-state index contributed by atoms with van der Waals surface area (Å²) in [5, 5.41) is 13.9. The summed E-state index contributed by atoms with van der Waals surface area (Å²) in [4.78, 5) is 14.8. The average molecular weight is 326 g/mol. The Labute approximate surface area is 141 Å². The van der Waals surface area contributed by atoms with Crippen LogP contribution in [0.3, 0.4) is 0 Å². The van der Waals surface area contributed by atoms with Crippen molar-refractivity contribution in [3.63, 3.8) is 0 Å². The van der Waals surface area contributed by atoms with E-state index in [-0.39, 0.29) is 17.7 Å². The number of nitrogens with zero attached hydrogens (tertiary/aromatic N) is 1. The van der Waals surface area contributed by atoms with Crippen molar-refractivity contribution in [1.29, 1.82) is 0 Å². The van der Waals surface area contributed by atoms with Crippen molar-refractivity contribution in [2.45, 2.75) is 32.5 Å². The Hall–Kier alpha value is -2.69. The van der Waals surface area contributed by atoms with Crippen molar-refractivity contribution in [2.75, 3.05) is 12.4 Å². The summed E-state index contributed by atoms with van der Waals surface area (Å²) in [6.07, 6.45) is 0.369. The molecule has 5 nitrogen and oxygen atoms in total. The number of hydrogen-bond donors (Lipinski definition) is 2. The third-order valence-electron chi connectivity index (χ3n) is 4.57. The SMILES string of the molecule is CC[C@H](C)N1C(=O)c2ccccc2N[C@H]1c1cccc(OC)c1O. The molecule has 2 atom stereocenters. The molecule has 0 fully saturated rings. The Morgan fingerprint density at radius 3 is 2.71 bits per heavy atom. The minimum atomic E-state index is -0.447. The van der Waals surface area contributed by atoms with Crippen LogP contribution in [0.1, 0.15) is 42.4 Å². The van der Waals surface area contributed by atoms with Gasteiger partial charge in [-0.15, -0.1) is 0 Å². The maximum absolute atomic E-state index is 13.0. The third-order valence-corrected chi connectivity index (χ3v) is 4.57. The van der Waals surface area contributed by atoms with Crippen LogP contribution in [-0.2, 0) is 0 Å². The molecular weight excluding hydrogens is 304 g/mol. The fourth-order valence-electron chi connectivity index (χ4n) is 3.07. The molecule has 5 heteroatoms. The monoisotopic (exact) mass is 326 g/mol. The van der Waals surface area contributed by atoms with E-state index in [9.17, 15) is 9.90 Å². The van der Waals surface area contributed by atoms with Gasteiger partial charge in [0.05, 0.1) is 12.7 Å². The van der Waals surface area contributed by atoms with Gasteiger partial charge in [-0.05, 0) is 31.5 Å². The summed E-state index contributed by atoms with van der Waals surface area (Å²) in [5.41, 5.74) is 2.04. The number of phenols is 1. The summed E-state index contributed by atoms with van der Waals surface area (Å²) in [7, 11) is 1.51. The zero-order valence-electron chi connectivity index (χ0n) is 14.1. The van der Waals surface area contributed by atoms with Crippen molar-refractivity contribution < 1.29 is 14.6 Å². The smallest absolute Gasteiger partial charge is 0.258 e. The van der Waals surface area contributed by atoms with Gasteiger partial charge in [0.2, 0.25) is 0 Å². The number of fused-ring (bicyclic) bond motifs is 1. The van der Waals surface area contributed by atoms with E-state index in [1.807, 2.05) is 50.2 Å². The number of carbonyl (C=O) groups excluding carboxylic acids is 1. The number of ether oxygens (including phenoxy) is 1. The van der Waals surface area contributed by atoms with Crippen molar-refractivity contribution in [2.24, 2.45) is 0 Å². The van der Waals surface area contributed by atoms with Gasteiger partial charge in [0.25, 0.3) is 5.91 Å². The van der Waals surface area contributed by atoms with Crippen LogP contribution in [0.2, 0.25) is 0 Å². The number of methoxy groups -OCH3 is 1. The number of hydrogen-bond acceptors (Lipinski definition) is 4. The molecule has 0 aromatic heterocycles. The standard InChI is InChI=1S/C19H22N2O3/c1-4-12(2)21-18(14-9-7-11-16(24-3)17(14)22)20-15-10-6-5-8-13(15)19(21)23/h5-12,18,20,22H,4H2,1-3H3/t12-,18+/m0/s1. The largest absolute Gasteiger partial charge is 0.504 e. The predicted molar refractivity (Wildman–Crippen MR) is 93.4 cm³/mol. The van der Waals surface area contributed by atoms with Crippen LogP contribution in [0, 0.1) is 0 Å². The fraction of sp³-hybridized carbons (Fsp3) is 0.316. The second kappa shape index (κ2) is 6.43. The lowest BCUT2D eigenvalue weighted by Gasteiger charge is -2.41. The van der Waals surface area contributed by atoms with Crippen LogP contribution in [0.5, 0.6) is 11.5 Å². The van der Waals surface area contributed by atoms with Gasteiger partial charge in [-0.3, -0.25) is 4.79 Å². The van der Waals surface area contributed by atoms with Gasteiger partial charge >= 0.3 is 0 Å². The van der Waals surface area contributed by atoms with E-state index >= 15 is 0 Å². The minimum Gasteiger partial charge on any atom is -0.504 e. The van der Waals surface area contributed by atoms with Gasteiger partial charge < -0.3 is 20.1 Å². The number of nitrogens with one attached hydrogen (secondary N) is 1. The van der Waals surface area contributed by atoms with Crippen LogP contribution in [-0.4, -0.2) is 29.1 Å². The van der Waals surface area contributed by atoms with E-state index in [1.54, 1.807) is 11.0 Å². The first-order chi connectivity index (χ1) is 11.6. The maximum Gasteiger partial charge on any atom is 0.258 e. The highest BCUT2D eigenvalue weighted by Crippen LogP contribution is 2.41. The van der Waals surface area contributed by atoms with Gasteiger partial charge in [-0.2, -0.15) is 0 Å². The first-order valence-corrected chi connectivity index (χ1v) is 8.12. The maximum atomic E-state index is 13.0. The molecule has 0 saturated heterocycles. The lowest BCUT2D eigenvalue weighted by atomic mass is 10.00. The van der Waals surface area contributed by atoms with Gasteiger partial charge in [-0.1, -0.05) is 31.2 Å². The fourth-order valence-corrected chi connectivity index (χ4v) is 3.07. The van der Waals surface area contributed by atoms with Crippen molar-refractivity contribution in [3.8, 4) is 11.5 Å². The normalized spacial score (nSPS) is 17.9. The minimum absolute atomic E-state index is 0.0222. The van der Waals surface area contributed by atoms with E-state index in [4.69, 9.17) is 4.74 Å². The topological polar surface area (TPSA) is 61.8 Å². The Kier molecular flexibility index (Phi) is 4.34. The van der Waals surface area contributed by atoms with Crippen LogP contribution in [0.25, 0.3) is 0 Å². The van der Waals surface area contributed by atoms with Crippen molar-refractivity contribution in [3.05, 3.63) is 53.6 Å². The molecule has 1 aliphatic heterocycles. The van der Waals surface area contributed by atoms with Crippen LogP contribution < -0.4 is 10.1 Å². The van der Waals surface area contributed by atoms with E-state index in [0.717, 1.165) is 12.1 Å². The second-order valence-corrected chi connectivity index (χ2v) is 5.96. The number of aromatic hydroxyl groups is 1. The number of carbonyl (C=O) groups is 1. The van der Waals surface area contributed by atoms with Gasteiger partial charge in [-0.25, -0.2) is 0 Å². The van der Waals surface area contributed by atoms with E-state index in [2.05, 4.69) is 5.32 Å². The molecule has 126 valence electrons. The lowest BCUT2D eigenvalue weighted by Crippen LogP contribution is -2.47. The first-order valence-electron chi connectivity index (χ1n) is 8.12. The number of amides is 1. The number of para-hydroxylation sites is 2. The predicted octanol–water partition coefficient (Wildman–Crippen LogP) is 3.77. The Balaban J connectivity index is 2.13. The quantitative estimate of drug-likeness (QED) is 0.898. The van der Waals surface area contributed by atoms with E-state index in [1.165, 1.54) is 7.11 Å². The molecule has 2 aromatic carbocycles. The molecule has 0 radical (unpaired) electrons. The lowest BCUT2D eigenvalue weighted by molar-refractivity contribution is 0.0591. The van der Waals surface area contributed by atoms with E-state index < -0.39 is 6.17 Å². The number of benzene rings is 2. The number of phenolic OH excluding ortho intramolecular Hbond substituents is 1. The first kappa shape index (κ1) is 16.2. The van der Waals surface area contributed by atoms with Crippen LogP contribution in [0.15, 0.2) is 42.5 Å². The second-order valence-electron chi connectivity index (χ2n) is 5.96.